The number of nitrogens with one attached hydrogen (secondary N) is 2. The Morgan fingerprint density at radius 1 is 1.06 bits per heavy atom. The third-order valence-corrected chi connectivity index (χ3v) is 9.61. The number of hydrogen-bond acceptors (Lipinski definition) is 8. The first-order valence-corrected chi connectivity index (χ1v) is 17.1. The SMILES string of the molecule is CN(C)C(=O)c1cccc(C(Nc2cc(Cl)c3ncc(C#N)c(Nc4ccc(F)c(Cl)c4)c3c2)c2cn(C3CCN(C(C)(C)C)CC3)nn2)c1. The van der Waals surface area contributed by atoms with E-state index in [4.69, 9.17) is 23.2 Å². The Balaban J connectivity index is 1.40. The molecule has 1 fully saturated rings. The van der Waals surface area contributed by atoms with Gasteiger partial charge in [0.2, 0.25) is 0 Å². The molecule has 13 heteroatoms. The van der Waals surface area contributed by atoms with E-state index in [1.165, 1.54) is 29.3 Å². The van der Waals surface area contributed by atoms with E-state index in [0.717, 1.165) is 31.5 Å². The minimum absolute atomic E-state index is 0.0575. The molecular weight excluding hydrogens is 676 g/mol. The molecule has 1 aliphatic rings. The molecule has 1 atom stereocenters. The number of hydrogen-bond donors (Lipinski definition) is 2. The number of fused-ring (bicyclic) bond motifs is 1. The van der Waals surface area contributed by atoms with Crippen molar-refractivity contribution < 1.29 is 9.18 Å². The molecule has 0 bridgehead atoms. The number of amides is 1. The van der Waals surface area contributed by atoms with Crippen LogP contribution in [0.25, 0.3) is 10.9 Å². The lowest BCUT2D eigenvalue weighted by atomic mass is 9.98. The second kappa shape index (κ2) is 14.2. The minimum Gasteiger partial charge on any atom is -0.373 e. The Morgan fingerprint density at radius 2 is 1.80 bits per heavy atom. The summed E-state index contributed by atoms with van der Waals surface area (Å²) in [5.74, 6) is -0.679. The number of aromatic nitrogens is 4. The van der Waals surface area contributed by atoms with Crippen LogP contribution in [0.4, 0.5) is 21.5 Å². The number of likely N-dealkylation sites (tertiary alicyclic amines) is 1. The second-order valence-corrected chi connectivity index (χ2v) is 14.5. The number of piperidine rings is 1. The van der Waals surface area contributed by atoms with Crippen molar-refractivity contribution in [3.8, 4) is 6.07 Å². The fourth-order valence-electron chi connectivity index (χ4n) is 6.29. The van der Waals surface area contributed by atoms with Gasteiger partial charge < -0.3 is 15.5 Å². The number of pyridine rings is 1. The van der Waals surface area contributed by atoms with Crippen molar-refractivity contribution in [2.24, 2.45) is 0 Å². The van der Waals surface area contributed by atoms with Crippen LogP contribution in [-0.4, -0.2) is 68.4 Å². The van der Waals surface area contributed by atoms with Crippen molar-refractivity contribution in [2.45, 2.75) is 51.2 Å². The summed E-state index contributed by atoms with van der Waals surface area (Å²) in [6, 6.07) is 17.1. The zero-order chi connectivity index (χ0) is 35.7. The molecule has 1 amide bonds. The van der Waals surface area contributed by atoms with Gasteiger partial charge >= 0.3 is 0 Å². The van der Waals surface area contributed by atoms with Crippen LogP contribution in [0.2, 0.25) is 10.0 Å². The zero-order valence-electron chi connectivity index (χ0n) is 28.5. The van der Waals surface area contributed by atoms with Crippen molar-refractivity contribution in [2.75, 3.05) is 37.8 Å². The summed E-state index contributed by atoms with van der Waals surface area (Å²) < 4.78 is 15.9. The molecule has 50 heavy (non-hydrogen) atoms. The van der Waals surface area contributed by atoms with Crippen molar-refractivity contribution in [1.29, 1.82) is 5.26 Å². The Morgan fingerprint density at radius 3 is 2.48 bits per heavy atom. The van der Waals surface area contributed by atoms with E-state index >= 15 is 0 Å². The smallest absolute Gasteiger partial charge is 0.253 e. The average Bonchev–Trinajstić information content (AvgIpc) is 3.58. The number of carbonyl (C=O) groups excluding carboxylic acids is 1. The largest absolute Gasteiger partial charge is 0.373 e. The minimum atomic E-state index is -0.554. The zero-order valence-corrected chi connectivity index (χ0v) is 30.0. The normalized spacial score (nSPS) is 14.7. The summed E-state index contributed by atoms with van der Waals surface area (Å²) in [6.45, 7) is 8.64. The van der Waals surface area contributed by atoms with Gasteiger partial charge in [-0.1, -0.05) is 40.5 Å². The lowest BCUT2D eigenvalue weighted by Crippen LogP contribution is -2.46. The Bertz CT molecular complexity index is 2100. The van der Waals surface area contributed by atoms with Crippen LogP contribution in [0.1, 0.15) is 72.9 Å². The summed E-state index contributed by atoms with van der Waals surface area (Å²) in [7, 11) is 3.43. The Labute approximate surface area is 300 Å². The quantitative estimate of drug-likeness (QED) is 0.165. The van der Waals surface area contributed by atoms with Gasteiger partial charge in [-0.25, -0.2) is 9.07 Å². The summed E-state index contributed by atoms with van der Waals surface area (Å²) in [5.41, 5.74) is 4.37. The molecule has 1 aliphatic heterocycles. The first-order valence-electron chi connectivity index (χ1n) is 16.3. The van der Waals surface area contributed by atoms with Crippen molar-refractivity contribution in [3.63, 3.8) is 0 Å². The maximum atomic E-state index is 13.9. The number of nitriles is 1. The van der Waals surface area contributed by atoms with Crippen molar-refractivity contribution >= 4 is 57.1 Å². The summed E-state index contributed by atoms with van der Waals surface area (Å²) in [6.07, 6.45) is 5.32. The second-order valence-electron chi connectivity index (χ2n) is 13.7. The molecule has 3 aromatic carbocycles. The van der Waals surface area contributed by atoms with Gasteiger partial charge in [-0.05, 0) is 81.6 Å². The molecule has 2 N–H and O–H groups in total. The molecule has 2 aromatic heterocycles. The van der Waals surface area contributed by atoms with Gasteiger partial charge in [0.15, 0.2) is 0 Å². The molecule has 10 nitrogen and oxygen atoms in total. The van der Waals surface area contributed by atoms with Gasteiger partial charge in [-0.2, -0.15) is 5.26 Å². The van der Waals surface area contributed by atoms with E-state index in [-0.39, 0.29) is 28.1 Å². The first kappa shape index (κ1) is 35.1. The molecule has 0 saturated carbocycles. The third-order valence-electron chi connectivity index (χ3n) is 9.03. The molecule has 258 valence electrons. The number of anilines is 3. The van der Waals surface area contributed by atoms with E-state index < -0.39 is 11.9 Å². The van der Waals surface area contributed by atoms with Crippen LogP contribution in [0.15, 0.2) is 67.0 Å². The van der Waals surface area contributed by atoms with Crippen LogP contribution in [-0.2, 0) is 0 Å². The molecule has 3 heterocycles. The molecular formula is C37H38Cl2FN9O. The standard InChI is InChI=1S/C37H38Cl2FN9O/c1-37(2,3)48-13-11-27(12-14-48)49-21-32(45-46-49)34(22-7-6-8-23(15-22)36(50)47(4)5)44-26-16-28-33(43-25-9-10-31(40)29(38)17-25)24(19-41)20-42-35(28)30(39)18-26/h6-10,15-18,20-21,27,34,44H,11-14H2,1-5H3,(H,42,43). The maximum Gasteiger partial charge on any atom is 0.253 e. The molecule has 5 aromatic rings. The lowest BCUT2D eigenvalue weighted by Gasteiger charge is -2.40. The lowest BCUT2D eigenvalue weighted by molar-refractivity contribution is 0.0827. The fraction of sp³-hybridized carbons (Fsp3) is 0.324. The molecule has 6 rings (SSSR count). The van der Waals surface area contributed by atoms with Gasteiger partial charge in [0.05, 0.1) is 45.1 Å². The molecule has 1 unspecified atom stereocenters. The van der Waals surface area contributed by atoms with Crippen LogP contribution < -0.4 is 10.6 Å². The predicted molar refractivity (Wildman–Crippen MR) is 196 cm³/mol. The average molecular weight is 715 g/mol. The number of carbonyl (C=O) groups is 1. The van der Waals surface area contributed by atoms with Crippen molar-refractivity contribution in [3.05, 3.63) is 105 Å². The van der Waals surface area contributed by atoms with Gasteiger partial charge in [0, 0.05) is 61.2 Å². The molecule has 0 spiro atoms. The topological polar surface area (TPSA) is 115 Å². The summed E-state index contributed by atoms with van der Waals surface area (Å²) >= 11 is 12.9. The van der Waals surface area contributed by atoms with Crippen LogP contribution in [0.3, 0.4) is 0 Å². The number of rotatable bonds is 8. The monoisotopic (exact) mass is 713 g/mol. The van der Waals surface area contributed by atoms with Crippen LogP contribution in [0.5, 0.6) is 0 Å². The van der Waals surface area contributed by atoms with E-state index in [2.05, 4.69) is 57.7 Å². The van der Waals surface area contributed by atoms with E-state index in [1.807, 2.05) is 35.1 Å². The summed E-state index contributed by atoms with van der Waals surface area (Å²) in [4.78, 5) is 21.5. The number of halogens is 3. The first-order chi connectivity index (χ1) is 23.8. The van der Waals surface area contributed by atoms with Gasteiger partial charge in [0.25, 0.3) is 5.91 Å². The number of nitrogens with zero attached hydrogens (tertiary/aromatic N) is 7. The molecule has 0 aliphatic carbocycles. The van der Waals surface area contributed by atoms with E-state index in [0.29, 0.717) is 44.2 Å². The van der Waals surface area contributed by atoms with E-state index in [9.17, 15) is 14.4 Å². The fourth-order valence-corrected chi connectivity index (χ4v) is 6.74. The van der Waals surface area contributed by atoms with Gasteiger partial charge in [-0.15, -0.1) is 5.10 Å². The highest BCUT2D eigenvalue weighted by atomic mass is 35.5. The van der Waals surface area contributed by atoms with Gasteiger partial charge in [-0.3, -0.25) is 14.7 Å². The third kappa shape index (κ3) is 7.38. The Kier molecular flexibility index (Phi) is 9.98. The van der Waals surface area contributed by atoms with E-state index in [1.54, 1.807) is 26.2 Å². The van der Waals surface area contributed by atoms with Crippen LogP contribution >= 0.6 is 23.2 Å². The summed E-state index contributed by atoms with van der Waals surface area (Å²) in [5, 5.41) is 26.9. The van der Waals surface area contributed by atoms with Crippen molar-refractivity contribution in [1.82, 2.24) is 29.8 Å². The number of benzene rings is 3. The van der Waals surface area contributed by atoms with Crippen LogP contribution in [0, 0.1) is 17.1 Å². The highest BCUT2D eigenvalue weighted by Crippen LogP contribution is 2.37. The predicted octanol–water partition coefficient (Wildman–Crippen LogP) is 8.23. The highest BCUT2D eigenvalue weighted by Gasteiger charge is 2.29. The Hall–Kier alpha value is -4.76. The highest BCUT2D eigenvalue weighted by molar-refractivity contribution is 6.36. The van der Waals surface area contributed by atoms with Gasteiger partial charge in [0.1, 0.15) is 17.6 Å². The molecule has 0 radical (unpaired) electrons. The maximum absolute atomic E-state index is 13.9. The molecule has 1 saturated heterocycles.